The van der Waals surface area contributed by atoms with E-state index in [-0.39, 0.29) is 0 Å². The highest BCUT2D eigenvalue weighted by atomic mass is 16.5. The summed E-state index contributed by atoms with van der Waals surface area (Å²) in [5, 5.41) is 12.1. The summed E-state index contributed by atoms with van der Waals surface area (Å²) in [6, 6.07) is 0. The Balaban J connectivity index is 2.12. The van der Waals surface area contributed by atoms with E-state index in [0.29, 0.717) is 19.6 Å². The van der Waals surface area contributed by atoms with Crippen LogP contribution in [-0.4, -0.2) is 36.4 Å². The maximum Gasteiger partial charge on any atom is 0.323 e. The first-order chi connectivity index (χ1) is 7.58. The summed E-state index contributed by atoms with van der Waals surface area (Å²) in [5.74, 6) is -0.00355. The zero-order chi connectivity index (χ0) is 12.0. The molecule has 1 fully saturated rings. The van der Waals surface area contributed by atoms with Gasteiger partial charge in [0.15, 0.2) is 0 Å². The van der Waals surface area contributed by atoms with Crippen molar-refractivity contribution in [2.45, 2.75) is 45.1 Å². The lowest BCUT2D eigenvalue weighted by atomic mass is 9.96. The van der Waals surface area contributed by atoms with Gasteiger partial charge in [0.2, 0.25) is 0 Å². The summed E-state index contributed by atoms with van der Waals surface area (Å²) in [7, 11) is 0. The van der Waals surface area contributed by atoms with Gasteiger partial charge in [-0.25, -0.2) is 0 Å². The van der Waals surface area contributed by atoms with Crippen molar-refractivity contribution in [1.29, 1.82) is 0 Å². The predicted octanol–water partition coefficient (Wildman–Crippen LogP) is 1.65. The topological polar surface area (TPSA) is 58.6 Å². The summed E-state index contributed by atoms with van der Waals surface area (Å²) in [6.07, 6.45) is 4.00. The Bertz CT molecular complexity index is 228. The fraction of sp³-hybridized carbons (Fsp3) is 0.917. The van der Waals surface area contributed by atoms with E-state index in [1.165, 1.54) is 12.8 Å². The number of carbonyl (C=O) groups is 1. The third kappa shape index (κ3) is 4.49. The molecule has 16 heavy (non-hydrogen) atoms. The summed E-state index contributed by atoms with van der Waals surface area (Å²) in [5.41, 5.74) is -0.808. The van der Waals surface area contributed by atoms with Crippen molar-refractivity contribution in [3.05, 3.63) is 0 Å². The second-order valence-electron chi connectivity index (χ2n) is 4.79. The zero-order valence-electron chi connectivity index (χ0n) is 10.3. The molecule has 1 saturated carbocycles. The summed E-state index contributed by atoms with van der Waals surface area (Å²) in [4.78, 5) is 11.1. The van der Waals surface area contributed by atoms with Crippen molar-refractivity contribution >= 4 is 5.97 Å². The molecule has 0 radical (unpaired) electrons. The van der Waals surface area contributed by atoms with Gasteiger partial charge in [-0.2, -0.15) is 0 Å². The Morgan fingerprint density at radius 1 is 1.56 bits per heavy atom. The largest absolute Gasteiger partial charge is 0.480 e. The van der Waals surface area contributed by atoms with Gasteiger partial charge in [-0.15, -0.1) is 0 Å². The molecule has 2 N–H and O–H groups in total. The van der Waals surface area contributed by atoms with Crippen LogP contribution in [0.4, 0.5) is 0 Å². The van der Waals surface area contributed by atoms with Crippen molar-refractivity contribution in [2.75, 3.05) is 19.8 Å². The fourth-order valence-electron chi connectivity index (χ4n) is 1.72. The van der Waals surface area contributed by atoms with Gasteiger partial charge >= 0.3 is 5.97 Å². The number of nitrogens with one attached hydrogen (secondary N) is 1. The molecule has 94 valence electrons. The molecule has 4 heteroatoms. The first kappa shape index (κ1) is 13.5. The molecule has 1 rings (SSSR count). The minimum atomic E-state index is -0.808. The van der Waals surface area contributed by atoms with E-state index in [1.807, 2.05) is 6.92 Å². The number of carboxylic acid groups (broad SMARTS) is 1. The van der Waals surface area contributed by atoms with Gasteiger partial charge < -0.3 is 15.2 Å². The zero-order valence-corrected chi connectivity index (χ0v) is 10.3. The third-order valence-corrected chi connectivity index (χ3v) is 3.05. The molecule has 0 saturated heterocycles. The molecule has 1 aliphatic carbocycles. The maximum absolute atomic E-state index is 11.1. The smallest absolute Gasteiger partial charge is 0.323 e. The van der Waals surface area contributed by atoms with Crippen molar-refractivity contribution in [3.8, 4) is 0 Å². The van der Waals surface area contributed by atoms with Gasteiger partial charge in [-0.1, -0.05) is 6.92 Å². The molecular weight excluding hydrogens is 206 g/mol. The molecule has 0 heterocycles. The Kier molecular flexibility index (Phi) is 5.22. The highest BCUT2D eigenvalue weighted by Gasteiger charge is 2.31. The molecule has 0 bridgehead atoms. The number of likely N-dealkylation sites (N-methyl/N-ethyl adjacent to an activating group) is 1. The number of rotatable bonds is 9. The van der Waals surface area contributed by atoms with Crippen LogP contribution < -0.4 is 5.32 Å². The van der Waals surface area contributed by atoms with E-state index in [0.717, 1.165) is 18.9 Å². The summed E-state index contributed by atoms with van der Waals surface area (Å²) < 4.78 is 5.49. The van der Waals surface area contributed by atoms with Crippen LogP contribution in [0.15, 0.2) is 0 Å². The van der Waals surface area contributed by atoms with E-state index < -0.39 is 11.5 Å². The van der Waals surface area contributed by atoms with E-state index in [2.05, 4.69) is 5.32 Å². The quantitative estimate of drug-likeness (QED) is 0.590. The molecule has 0 aromatic heterocycles. The SMILES string of the molecule is CCNC(C)(CCCOCC1CC1)C(=O)O. The molecule has 0 amide bonds. The van der Waals surface area contributed by atoms with Crippen molar-refractivity contribution in [1.82, 2.24) is 5.32 Å². The van der Waals surface area contributed by atoms with Gasteiger partial charge in [0, 0.05) is 13.2 Å². The van der Waals surface area contributed by atoms with Gasteiger partial charge in [0.1, 0.15) is 5.54 Å². The Morgan fingerprint density at radius 3 is 2.75 bits per heavy atom. The van der Waals surface area contributed by atoms with Gasteiger partial charge in [-0.05, 0) is 45.1 Å². The normalized spacial score (nSPS) is 19.4. The lowest BCUT2D eigenvalue weighted by Crippen LogP contribution is -2.49. The minimum absolute atomic E-state index is 0.612. The van der Waals surface area contributed by atoms with E-state index in [9.17, 15) is 4.79 Å². The van der Waals surface area contributed by atoms with Crippen LogP contribution in [0.25, 0.3) is 0 Å². The molecule has 0 aromatic rings. The minimum Gasteiger partial charge on any atom is -0.480 e. The first-order valence-electron chi connectivity index (χ1n) is 6.14. The van der Waals surface area contributed by atoms with Gasteiger partial charge in [0.05, 0.1) is 0 Å². The number of hydrogen-bond acceptors (Lipinski definition) is 3. The second-order valence-corrected chi connectivity index (χ2v) is 4.79. The lowest BCUT2D eigenvalue weighted by Gasteiger charge is -2.25. The van der Waals surface area contributed by atoms with Crippen LogP contribution in [0.2, 0.25) is 0 Å². The molecule has 4 nitrogen and oxygen atoms in total. The Morgan fingerprint density at radius 2 is 2.25 bits per heavy atom. The molecule has 0 spiro atoms. The van der Waals surface area contributed by atoms with E-state index >= 15 is 0 Å². The number of aliphatic carboxylic acids is 1. The average molecular weight is 229 g/mol. The molecule has 1 unspecified atom stereocenters. The molecule has 1 atom stereocenters. The molecular formula is C12H23NO3. The van der Waals surface area contributed by atoms with Crippen LogP contribution in [0.1, 0.15) is 39.5 Å². The van der Waals surface area contributed by atoms with E-state index in [4.69, 9.17) is 9.84 Å². The Labute approximate surface area is 97.4 Å². The predicted molar refractivity (Wildman–Crippen MR) is 62.5 cm³/mol. The highest BCUT2D eigenvalue weighted by molar-refractivity contribution is 5.78. The third-order valence-electron chi connectivity index (χ3n) is 3.05. The van der Waals surface area contributed by atoms with Crippen molar-refractivity contribution in [2.24, 2.45) is 5.92 Å². The molecule has 0 aromatic carbocycles. The lowest BCUT2D eigenvalue weighted by molar-refractivity contribution is -0.144. The maximum atomic E-state index is 11.1. The van der Waals surface area contributed by atoms with Gasteiger partial charge in [0.25, 0.3) is 0 Å². The molecule has 0 aliphatic heterocycles. The monoisotopic (exact) mass is 229 g/mol. The van der Waals surface area contributed by atoms with Crippen LogP contribution in [-0.2, 0) is 9.53 Å². The van der Waals surface area contributed by atoms with Gasteiger partial charge in [-0.3, -0.25) is 4.79 Å². The van der Waals surface area contributed by atoms with E-state index in [1.54, 1.807) is 6.92 Å². The number of carboxylic acids is 1. The highest BCUT2D eigenvalue weighted by Crippen LogP contribution is 2.28. The second kappa shape index (κ2) is 6.21. The summed E-state index contributed by atoms with van der Waals surface area (Å²) >= 11 is 0. The van der Waals surface area contributed by atoms with Crippen LogP contribution >= 0.6 is 0 Å². The van der Waals surface area contributed by atoms with Crippen LogP contribution in [0.3, 0.4) is 0 Å². The van der Waals surface area contributed by atoms with Crippen molar-refractivity contribution < 1.29 is 14.6 Å². The van der Waals surface area contributed by atoms with Crippen LogP contribution in [0, 0.1) is 5.92 Å². The average Bonchev–Trinajstić information content (AvgIpc) is 3.01. The Hall–Kier alpha value is -0.610. The first-order valence-corrected chi connectivity index (χ1v) is 6.14. The fourth-order valence-corrected chi connectivity index (χ4v) is 1.72. The summed E-state index contributed by atoms with van der Waals surface area (Å²) in [6.45, 7) is 5.85. The van der Waals surface area contributed by atoms with Crippen LogP contribution in [0.5, 0.6) is 0 Å². The van der Waals surface area contributed by atoms with Crippen molar-refractivity contribution in [3.63, 3.8) is 0 Å². The standard InChI is InChI=1S/C12H23NO3/c1-3-13-12(2,11(14)15)7-4-8-16-9-10-5-6-10/h10,13H,3-9H2,1-2H3,(H,14,15). The number of hydrogen-bond donors (Lipinski definition) is 2. The number of ether oxygens (including phenoxy) is 1. The molecule has 1 aliphatic rings.